The van der Waals surface area contributed by atoms with Crippen molar-refractivity contribution in [2.75, 3.05) is 27.4 Å². The van der Waals surface area contributed by atoms with Gasteiger partial charge >= 0.3 is 0 Å². The van der Waals surface area contributed by atoms with E-state index in [4.69, 9.17) is 9.47 Å². The summed E-state index contributed by atoms with van der Waals surface area (Å²) < 4.78 is 9.96. The normalized spacial score (nSPS) is 9.23. The van der Waals surface area contributed by atoms with Crippen molar-refractivity contribution in [1.29, 1.82) is 0 Å². The Labute approximate surface area is 84.6 Å². The fourth-order valence-electron chi connectivity index (χ4n) is 0.823. The molecule has 84 valence electrons. The average molecular weight is 192 g/mol. The van der Waals surface area contributed by atoms with Crippen LogP contribution in [0.15, 0.2) is 0 Å². The summed E-state index contributed by atoms with van der Waals surface area (Å²) in [4.78, 5) is 0. The van der Waals surface area contributed by atoms with Crippen LogP contribution in [0, 0.1) is 5.41 Å². The Balaban J connectivity index is -0.000000218. The molecule has 0 aliphatic rings. The van der Waals surface area contributed by atoms with Crippen LogP contribution in [0.5, 0.6) is 0 Å². The molecule has 2 nitrogen and oxygen atoms in total. The molecule has 0 aromatic carbocycles. The SMILES string of the molecule is CC.CC.COCC(C)(C)COC. The largest absolute Gasteiger partial charge is 0.384 e. The molecule has 0 amide bonds. The highest BCUT2D eigenvalue weighted by molar-refractivity contribution is 4.65. The molecule has 0 N–H and O–H groups in total. The van der Waals surface area contributed by atoms with Gasteiger partial charge in [-0.3, -0.25) is 0 Å². The smallest absolute Gasteiger partial charge is 0.0535 e. The second kappa shape index (κ2) is 14.4. The van der Waals surface area contributed by atoms with Crippen LogP contribution >= 0.6 is 0 Å². The van der Waals surface area contributed by atoms with Gasteiger partial charge in [-0.05, 0) is 0 Å². The predicted molar refractivity (Wildman–Crippen MR) is 60.2 cm³/mol. The molecule has 0 fully saturated rings. The van der Waals surface area contributed by atoms with Crippen molar-refractivity contribution < 1.29 is 9.47 Å². The second-order valence-electron chi connectivity index (χ2n) is 3.03. The quantitative estimate of drug-likeness (QED) is 0.680. The maximum atomic E-state index is 4.98. The molecule has 0 atom stereocenters. The van der Waals surface area contributed by atoms with E-state index in [2.05, 4.69) is 13.8 Å². The number of hydrogen-bond acceptors (Lipinski definition) is 2. The minimum absolute atomic E-state index is 0.156. The fourth-order valence-corrected chi connectivity index (χ4v) is 0.823. The Hall–Kier alpha value is -0.0800. The van der Waals surface area contributed by atoms with Gasteiger partial charge in [-0.1, -0.05) is 41.5 Å². The van der Waals surface area contributed by atoms with Crippen molar-refractivity contribution >= 4 is 0 Å². The maximum absolute atomic E-state index is 4.98. The van der Waals surface area contributed by atoms with Crippen molar-refractivity contribution in [3.8, 4) is 0 Å². The molecule has 0 unspecified atom stereocenters. The van der Waals surface area contributed by atoms with Crippen LogP contribution in [0.4, 0.5) is 0 Å². The Morgan fingerprint density at radius 1 is 0.769 bits per heavy atom. The zero-order chi connectivity index (χ0) is 11.3. The van der Waals surface area contributed by atoms with Crippen LogP contribution in [0.2, 0.25) is 0 Å². The summed E-state index contributed by atoms with van der Waals surface area (Å²) in [6, 6.07) is 0. The summed E-state index contributed by atoms with van der Waals surface area (Å²) >= 11 is 0. The molecular weight excluding hydrogens is 164 g/mol. The summed E-state index contributed by atoms with van der Waals surface area (Å²) in [5.74, 6) is 0. The molecule has 0 radical (unpaired) electrons. The summed E-state index contributed by atoms with van der Waals surface area (Å²) in [6.07, 6.45) is 0. The van der Waals surface area contributed by atoms with E-state index in [1.165, 1.54) is 0 Å². The fraction of sp³-hybridized carbons (Fsp3) is 1.00. The second-order valence-corrected chi connectivity index (χ2v) is 3.03. The summed E-state index contributed by atoms with van der Waals surface area (Å²) in [5, 5.41) is 0. The Kier molecular flexibility index (Phi) is 20.7. The van der Waals surface area contributed by atoms with E-state index in [1.54, 1.807) is 14.2 Å². The molecule has 2 heteroatoms. The maximum Gasteiger partial charge on any atom is 0.0535 e. The van der Waals surface area contributed by atoms with E-state index < -0.39 is 0 Å². The van der Waals surface area contributed by atoms with Gasteiger partial charge in [0.1, 0.15) is 0 Å². The first-order valence-corrected chi connectivity index (χ1v) is 5.10. The topological polar surface area (TPSA) is 18.5 Å². The van der Waals surface area contributed by atoms with Gasteiger partial charge in [-0.25, -0.2) is 0 Å². The lowest BCUT2D eigenvalue weighted by molar-refractivity contribution is 0.0341. The number of ether oxygens (including phenoxy) is 2. The first-order valence-electron chi connectivity index (χ1n) is 5.10. The standard InChI is InChI=1S/C7H16O2.2C2H6/c1-7(2,5-8-3)6-9-4;2*1-2/h5-6H2,1-4H3;2*1-2H3. The lowest BCUT2D eigenvalue weighted by atomic mass is 9.96. The van der Waals surface area contributed by atoms with E-state index in [0.29, 0.717) is 0 Å². The third kappa shape index (κ3) is 18.7. The molecule has 0 rings (SSSR count). The minimum atomic E-state index is 0.156. The summed E-state index contributed by atoms with van der Waals surface area (Å²) in [7, 11) is 3.41. The molecular formula is C11H28O2. The number of rotatable bonds is 4. The monoisotopic (exact) mass is 192 g/mol. The minimum Gasteiger partial charge on any atom is -0.384 e. The van der Waals surface area contributed by atoms with Crippen LogP contribution < -0.4 is 0 Å². The van der Waals surface area contributed by atoms with Gasteiger partial charge in [-0.2, -0.15) is 0 Å². The Morgan fingerprint density at radius 3 is 1.15 bits per heavy atom. The van der Waals surface area contributed by atoms with Gasteiger partial charge in [0.2, 0.25) is 0 Å². The first kappa shape index (κ1) is 18.7. The molecule has 0 aliphatic carbocycles. The lowest BCUT2D eigenvalue weighted by Gasteiger charge is -2.21. The van der Waals surface area contributed by atoms with Crippen LogP contribution in [0.25, 0.3) is 0 Å². The van der Waals surface area contributed by atoms with Crippen LogP contribution in [0.1, 0.15) is 41.5 Å². The molecule has 0 aromatic heterocycles. The molecule has 0 spiro atoms. The zero-order valence-electron chi connectivity index (χ0n) is 10.7. The first-order chi connectivity index (χ1) is 6.12. The molecule has 13 heavy (non-hydrogen) atoms. The average Bonchev–Trinajstić information content (AvgIpc) is 2.11. The highest BCUT2D eigenvalue weighted by Gasteiger charge is 2.16. The third-order valence-corrected chi connectivity index (χ3v) is 1.07. The highest BCUT2D eigenvalue weighted by atomic mass is 16.5. The van der Waals surface area contributed by atoms with Crippen molar-refractivity contribution in [2.24, 2.45) is 5.41 Å². The molecule has 0 bridgehead atoms. The van der Waals surface area contributed by atoms with Gasteiger partial charge in [0.05, 0.1) is 13.2 Å². The molecule has 0 saturated heterocycles. The Morgan fingerprint density at radius 2 is 1.00 bits per heavy atom. The van der Waals surface area contributed by atoms with E-state index in [0.717, 1.165) is 13.2 Å². The van der Waals surface area contributed by atoms with Gasteiger partial charge in [-0.15, -0.1) is 0 Å². The molecule has 0 saturated carbocycles. The molecule has 0 aliphatic heterocycles. The van der Waals surface area contributed by atoms with Crippen molar-refractivity contribution in [3.63, 3.8) is 0 Å². The third-order valence-electron chi connectivity index (χ3n) is 1.07. The van der Waals surface area contributed by atoms with E-state index in [9.17, 15) is 0 Å². The van der Waals surface area contributed by atoms with E-state index >= 15 is 0 Å². The van der Waals surface area contributed by atoms with Crippen molar-refractivity contribution in [2.45, 2.75) is 41.5 Å². The van der Waals surface area contributed by atoms with E-state index in [-0.39, 0.29) is 5.41 Å². The Bertz CT molecular complexity index is 62.5. The van der Waals surface area contributed by atoms with Crippen molar-refractivity contribution in [3.05, 3.63) is 0 Å². The summed E-state index contributed by atoms with van der Waals surface area (Å²) in [5.41, 5.74) is 0.156. The van der Waals surface area contributed by atoms with Crippen LogP contribution in [0.3, 0.4) is 0 Å². The number of methoxy groups -OCH3 is 2. The van der Waals surface area contributed by atoms with E-state index in [1.807, 2.05) is 27.7 Å². The molecule has 0 aromatic rings. The van der Waals surface area contributed by atoms with Crippen LogP contribution in [-0.4, -0.2) is 27.4 Å². The predicted octanol–water partition coefficient (Wildman–Crippen LogP) is 3.36. The zero-order valence-corrected chi connectivity index (χ0v) is 10.7. The summed E-state index contributed by atoms with van der Waals surface area (Å²) in [6.45, 7) is 13.7. The highest BCUT2D eigenvalue weighted by Crippen LogP contribution is 2.14. The van der Waals surface area contributed by atoms with Gasteiger partial charge in [0, 0.05) is 19.6 Å². The van der Waals surface area contributed by atoms with Crippen molar-refractivity contribution in [1.82, 2.24) is 0 Å². The van der Waals surface area contributed by atoms with Gasteiger partial charge in [0.25, 0.3) is 0 Å². The lowest BCUT2D eigenvalue weighted by Crippen LogP contribution is -2.23. The van der Waals surface area contributed by atoms with Crippen LogP contribution in [-0.2, 0) is 9.47 Å². The van der Waals surface area contributed by atoms with Gasteiger partial charge in [0.15, 0.2) is 0 Å². The van der Waals surface area contributed by atoms with Gasteiger partial charge < -0.3 is 9.47 Å². The molecule has 0 heterocycles. The number of hydrogen-bond donors (Lipinski definition) is 0.